The number of hydrogen-bond donors (Lipinski definition) is 0. The molecule has 0 saturated carbocycles. The molecule has 2 amide bonds. The molecule has 2 atom stereocenters. The maximum atomic E-state index is 13.1. The third kappa shape index (κ3) is 2.42. The molecule has 2 aromatic carbocycles. The maximum Gasteiger partial charge on any atom is 0.259 e. The van der Waals surface area contributed by atoms with Crippen molar-refractivity contribution in [2.75, 3.05) is 9.91 Å². The Labute approximate surface area is 154 Å². The van der Waals surface area contributed by atoms with Gasteiger partial charge in [0.05, 0.1) is 11.4 Å². The van der Waals surface area contributed by atoms with Crippen molar-refractivity contribution in [3.8, 4) is 0 Å². The standard InChI is InChI=1S/C19H14ClN3O3/c1-11(24)16-15-17(23(21-16)14-5-3-2-4-6-14)19(26)22(18(15)25)13-9-7-12(20)8-10-13/h2-10,15,17H,1H3/t15-,17+/m0/s1. The molecule has 2 aliphatic rings. The highest BCUT2D eigenvalue weighted by molar-refractivity contribution is 6.48. The number of benzene rings is 2. The van der Waals surface area contributed by atoms with Crippen LogP contribution in [-0.4, -0.2) is 29.4 Å². The molecule has 26 heavy (non-hydrogen) atoms. The molecular weight excluding hydrogens is 354 g/mol. The molecule has 1 fully saturated rings. The highest BCUT2D eigenvalue weighted by Gasteiger charge is 2.58. The minimum Gasteiger partial charge on any atom is -0.293 e. The van der Waals surface area contributed by atoms with E-state index in [1.807, 2.05) is 18.2 Å². The van der Waals surface area contributed by atoms with Crippen molar-refractivity contribution in [3.05, 3.63) is 59.6 Å². The molecule has 7 heteroatoms. The van der Waals surface area contributed by atoms with Crippen molar-refractivity contribution in [3.63, 3.8) is 0 Å². The number of imide groups is 1. The normalized spacial score (nSPS) is 21.8. The Morgan fingerprint density at radius 2 is 1.62 bits per heavy atom. The first-order valence-electron chi connectivity index (χ1n) is 8.06. The van der Waals surface area contributed by atoms with Crippen LogP contribution in [0.2, 0.25) is 5.02 Å². The van der Waals surface area contributed by atoms with E-state index in [0.29, 0.717) is 16.4 Å². The van der Waals surface area contributed by atoms with E-state index in [0.717, 1.165) is 4.90 Å². The van der Waals surface area contributed by atoms with Crippen LogP contribution in [0.4, 0.5) is 11.4 Å². The molecule has 0 unspecified atom stereocenters. The third-order valence-electron chi connectivity index (χ3n) is 4.52. The third-order valence-corrected chi connectivity index (χ3v) is 4.77. The second kappa shape index (κ2) is 6.07. The van der Waals surface area contributed by atoms with Crippen molar-refractivity contribution in [1.29, 1.82) is 0 Å². The molecule has 0 aromatic heterocycles. The summed E-state index contributed by atoms with van der Waals surface area (Å²) in [5.74, 6) is -2.09. The number of carbonyl (C=O) groups is 3. The first kappa shape index (κ1) is 16.5. The van der Waals surface area contributed by atoms with Crippen molar-refractivity contribution in [1.82, 2.24) is 0 Å². The number of para-hydroxylation sites is 1. The van der Waals surface area contributed by atoms with Gasteiger partial charge >= 0.3 is 0 Å². The van der Waals surface area contributed by atoms with Crippen LogP contribution in [0.3, 0.4) is 0 Å². The van der Waals surface area contributed by atoms with Gasteiger partial charge in [-0.3, -0.25) is 19.4 Å². The van der Waals surface area contributed by atoms with E-state index < -0.39 is 23.8 Å². The number of hydrogen-bond acceptors (Lipinski definition) is 5. The van der Waals surface area contributed by atoms with E-state index in [-0.39, 0.29) is 11.5 Å². The van der Waals surface area contributed by atoms with Gasteiger partial charge in [-0.1, -0.05) is 29.8 Å². The molecule has 4 rings (SSSR count). The Morgan fingerprint density at radius 3 is 2.23 bits per heavy atom. The first-order valence-corrected chi connectivity index (χ1v) is 8.44. The molecule has 6 nitrogen and oxygen atoms in total. The molecule has 2 aliphatic heterocycles. The summed E-state index contributed by atoms with van der Waals surface area (Å²) in [4.78, 5) is 39.2. The topological polar surface area (TPSA) is 70.1 Å². The summed E-state index contributed by atoms with van der Waals surface area (Å²) in [6, 6.07) is 14.6. The van der Waals surface area contributed by atoms with Crippen LogP contribution in [0, 0.1) is 5.92 Å². The van der Waals surface area contributed by atoms with Gasteiger partial charge in [-0.2, -0.15) is 5.10 Å². The maximum absolute atomic E-state index is 13.1. The van der Waals surface area contributed by atoms with Crippen molar-refractivity contribution < 1.29 is 14.4 Å². The number of ketones is 1. The second-order valence-corrected chi connectivity index (χ2v) is 6.57. The lowest BCUT2D eigenvalue weighted by atomic mass is 9.95. The summed E-state index contributed by atoms with van der Waals surface area (Å²) < 4.78 is 0. The number of hydrazone groups is 1. The Morgan fingerprint density at radius 1 is 0.962 bits per heavy atom. The first-order chi connectivity index (χ1) is 12.5. The molecular formula is C19H14ClN3O3. The van der Waals surface area contributed by atoms with Crippen LogP contribution < -0.4 is 9.91 Å². The van der Waals surface area contributed by atoms with Gasteiger partial charge in [-0.05, 0) is 36.4 Å². The molecule has 2 aromatic rings. The monoisotopic (exact) mass is 367 g/mol. The fourth-order valence-electron chi connectivity index (χ4n) is 3.34. The summed E-state index contributed by atoms with van der Waals surface area (Å²) in [5.41, 5.74) is 1.18. The Kier molecular flexibility index (Phi) is 3.85. The van der Waals surface area contributed by atoms with E-state index >= 15 is 0 Å². The molecule has 1 saturated heterocycles. The zero-order valence-corrected chi connectivity index (χ0v) is 14.6. The number of anilines is 2. The zero-order chi connectivity index (χ0) is 18.4. The summed E-state index contributed by atoms with van der Waals surface area (Å²) in [5, 5.41) is 6.27. The SMILES string of the molecule is CC(=O)C1=NN(c2ccccc2)[C@H]2C(=O)N(c3ccc(Cl)cc3)C(=O)[C@@H]12. The van der Waals surface area contributed by atoms with Gasteiger partial charge in [0.1, 0.15) is 17.7 Å². The number of nitrogens with zero attached hydrogens (tertiary/aromatic N) is 3. The van der Waals surface area contributed by atoms with E-state index in [9.17, 15) is 14.4 Å². The summed E-state index contributed by atoms with van der Waals surface area (Å²) >= 11 is 5.89. The van der Waals surface area contributed by atoms with E-state index in [1.165, 1.54) is 11.9 Å². The van der Waals surface area contributed by atoms with Crippen LogP contribution in [0.15, 0.2) is 59.7 Å². The van der Waals surface area contributed by atoms with Crippen molar-refractivity contribution >= 4 is 46.3 Å². The number of fused-ring (bicyclic) bond motifs is 1. The van der Waals surface area contributed by atoms with E-state index in [2.05, 4.69) is 5.10 Å². The smallest absolute Gasteiger partial charge is 0.259 e. The van der Waals surface area contributed by atoms with Crippen LogP contribution in [0.5, 0.6) is 0 Å². The Bertz CT molecular complexity index is 940. The van der Waals surface area contributed by atoms with Crippen molar-refractivity contribution in [2.24, 2.45) is 11.0 Å². The van der Waals surface area contributed by atoms with Gasteiger partial charge in [0.25, 0.3) is 5.91 Å². The molecule has 130 valence electrons. The molecule has 2 heterocycles. The van der Waals surface area contributed by atoms with Gasteiger partial charge in [0.15, 0.2) is 5.78 Å². The fraction of sp³-hybridized carbons (Fsp3) is 0.158. The van der Waals surface area contributed by atoms with Crippen molar-refractivity contribution in [2.45, 2.75) is 13.0 Å². The fourth-order valence-corrected chi connectivity index (χ4v) is 3.47. The van der Waals surface area contributed by atoms with Crippen LogP contribution in [0.1, 0.15) is 6.92 Å². The van der Waals surface area contributed by atoms with Crippen LogP contribution in [-0.2, 0) is 14.4 Å². The Balaban J connectivity index is 1.80. The highest BCUT2D eigenvalue weighted by Crippen LogP contribution is 2.37. The lowest BCUT2D eigenvalue weighted by molar-refractivity contribution is -0.122. The van der Waals surface area contributed by atoms with Crippen LogP contribution >= 0.6 is 11.6 Å². The average Bonchev–Trinajstić information content (AvgIpc) is 3.15. The quantitative estimate of drug-likeness (QED) is 0.782. The number of carbonyl (C=O) groups excluding carboxylic acids is 3. The zero-order valence-electron chi connectivity index (χ0n) is 13.8. The predicted molar refractivity (Wildman–Crippen MR) is 98.3 cm³/mol. The predicted octanol–water partition coefficient (Wildman–Crippen LogP) is 2.66. The largest absolute Gasteiger partial charge is 0.293 e. The molecule has 0 radical (unpaired) electrons. The molecule has 0 N–H and O–H groups in total. The number of halogens is 1. The van der Waals surface area contributed by atoms with E-state index in [4.69, 9.17) is 11.6 Å². The molecule has 0 bridgehead atoms. The van der Waals surface area contributed by atoms with Gasteiger partial charge in [-0.25, -0.2) is 4.90 Å². The number of amides is 2. The average molecular weight is 368 g/mol. The van der Waals surface area contributed by atoms with Crippen LogP contribution in [0.25, 0.3) is 0 Å². The van der Waals surface area contributed by atoms with E-state index in [1.54, 1.807) is 36.4 Å². The van der Waals surface area contributed by atoms with Gasteiger partial charge < -0.3 is 0 Å². The van der Waals surface area contributed by atoms with Gasteiger partial charge in [0, 0.05) is 11.9 Å². The molecule has 0 aliphatic carbocycles. The minimum absolute atomic E-state index is 0.105. The minimum atomic E-state index is -0.907. The second-order valence-electron chi connectivity index (χ2n) is 6.13. The van der Waals surface area contributed by atoms with Gasteiger partial charge in [-0.15, -0.1) is 0 Å². The molecule has 0 spiro atoms. The Hall–Kier alpha value is -2.99. The highest BCUT2D eigenvalue weighted by atomic mass is 35.5. The summed E-state index contributed by atoms with van der Waals surface area (Å²) in [6.45, 7) is 1.35. The number of rotatable bonds is 3. The lowest BCUT2D eigenvalue weighted by Crippen LogP contribution is -2.39. The summed E-state index contributed by atoms with van der Waals surface area (Å²) in [6.07, 6.45) is 0. The van der Waals surface area contributed by atoms with Gasteiger partial charge in [0.2, 0.25) is 5.91 Å². The lowest BCUT2D eigenvalue weighted by Gasteiger charge is -2.22. The number of Topliss-reactive ketones (excluding diaryl/α,β-unsaturated/α-hetero) is 1. The summed E-state index contributed by atoms with van der Waals surface area (Å²) in [7, 11) is 0.